The molecule has 5 aromatic rings. The van der Waals surface area contributed by atoms with Gasteiger partial charge in [0.05, 0.1) is 23.5 Å². The van der Waals surface area contributed by atoms with Gasteiger partial charge in [0, 0.05) is 34.3 Å². The van der Waals surface area contributed by atoms with Gasteiger partial charge in [0.2, 0.25) is 0 Å². The highest BCUT2D eigenvalue weighted by atomic mass is 35.5. The Labute approximate surface area is 201 Å². The standard InChI is InChI=1S/C25H23ClN6O2/c1-14-23(16(3)34-31-14)18-7-8-22-21(10-18)24(27-11-17-5-4-6-20(26)9-17)30-25(29-22)32-13-19(12-28-32)15(2)33/h4-10,12-13,15,33H,11H2,1-3H3,(H,27,29,30). The number of benzene rings is 2. The maximum atomic E-state index is 9.88. The van der Waals surface area contributed by atoms with Crippen molar-refractivity contribution in [3.05, 3.63) is 82.5 Å². The van der Waals surface area contributed by atoms with E-state index in [-0.39, 0.29) is 0 Å². The van der Waals surface area contributed by atoms with Crippen LogP contribution in [0.3, 0.4) is 0 Å². The number of aliphatic hydroxyl groups is 1. The molecule has 0 amide bonds. The molecule has 0 aliphatic rings. The number of nitrogens with zero attached hydrogens (tertiary/aromatic N) is 5. The van der Waals surface area contributed by atoms with Crippen LogP contribution < -0.4 is 5.32 Å². The number of nitrogens with one attached hydrogen (secondary N) is 1. The van der Waals surface area contributed by atoms with Crippen molar-refractivity contribution in [2.24, 2.45) is 0 Å². The number of aliphatic hydroxyl groups excluding tert-OH is 1. The number of hydrogen-bond acceptors (Lipinski definition) is 7. The van der Waals surface area contributed by atoms with E-state index in [1.54, 1.807) is 24.0 Å². The lowest BCUT2D eigenvalue weighted by Gasteiger charge is -2.12. The van der Waals surface area contributed by atoms with Crippen molar-refractivity contribution in [2.75, 3.05) is 5.32 Å². The van der Waals surface area contributed by atoms with Gasteiger partial charge in [-0.1, -0.05) is 35.0 Å². The van der Waals surface area contributed by atoms with Gasteiger partial charge in [0.15, 0.2) is 0 Å². The maximum absolute atomic E-state index is 9.88. The van der Waals surface area contributed by atoms with Gasteiger partial charge >= 0.3 is 0 Å². The van der Waals surface area contributed by atoms with Gasteiger partial charge in [-0.05, 0) is 56.2 Å². The van der Waals surface area contributed by atoms with E-state index in [4.69, 9.17) is 26.1 Å². The molecule has 0 aliphatic carbocycles. The molecule has 0 saturated heterocycles. The summed E-state index contributed by atoms with van der Waals surface area (Å²) >= 11 is 6.16. The summed E-state index contributed by atoms with van der Waals surface area (Å²) in [6.07, 6.45) is 2.70. The molecule has 0 saturated carbocycles. The van der Waals surface area contributed by atoms with Crippen molar-refractivity contribution in [3.63, 3.8) is 0 Å². The predicted octanol–water partition coefficient (Wildman–Crippen LogP) is 5.41. The first-order chi connectivity index (χ1) is 16.4. The molecular formula is C25H23ClN6O2. The van der Waals surface area contributed by atoms with Crippen LogP contribution in [0.5, 0.6) is 0 Å². The van der Waals surface area contributed by atoms with Gasteiger partial charge in [0.1, 0.15) is 11.6 Å². The van der Waals surface area contributed by atoms with E-state index in [1.165, 1.54) is 0 Å². The summed E-state index contributed by atoms with van der Waals surface area (Å²) in [6, 6.07) is 13.7. The Bertz CT molecular complexity index is 1470. The van der Waals surface area contributed by atoms with E-state index < -0.39 is 6.10 Å². The van der Waals surface area contributed by atoms with Crippen molar-refractivity contribution in [1.29, 1.82) is 0 Å². The first kappa shape index (κ1) is 22.1. The average Bonchev–Trinajstić information content (AvgIpc) is 3.44. The number of aromatic nitrogens is 5. The molecule has 9 heteroatoms. The van der Waals surface area contributed by atoms with Crippen LogP contribution in [0.15, 0.2) is 59.4 Å². The molecule has 0 radical (unpaired) electrons. The zero-order valence-corrected chi connectivity index (χ0v) is 19.7. The highest BCUT2D eigenvalue weighted by Gasteiger charge is 2.16. The third-order valence-electron chi connectivity index (χ3n) is 5.64. The van der Waals surface area contributed by atoms with E-state index >= 15 is 0 Å². The van der Waals surface area contributed by atoms with E-state index in [1.807, 2.05) is 56.3 Å². The van der Waals surface area contributed by atoms with Crippen LogP contribution in [-0.2, 0) is 6.54 Å². The smallest absolute Gasteiger partial charge is 0.253 e. The molecule has 0 fully saturated rings. The SMILES string of the molecule is Cc1noc(C)c1-c1ccc2nc(-n3cc(C(C)O)cn3)nc(NCc3cccc(Cl)c3)c2c1. The Hall–Kier alpha value is -3.75. The Balaban J connectivity index is 1.62. The minimum atomic E-state index is -0.632. The van der Waals surface area contributed by atoms with Crippen molar-refractivity contribution in [1.82, 2.24) is 24.9 Å². The molecule has 0 aliphatic heterocycles. The molecule has 172 valence electrons. The summed E-state index contributed by atoms with van der Waals surface area (Å²) in [5, 5.41) is 23.3. The number of fused-ring (bicyclic) bond motifs is 1. The minimum Gasteiger partial charge on any atom is -0.389 e. The Morgan fingerprint density at radius 1 is 1.15 bits per heavy atom. The van der Waals surface area contributed by atoms with E-state index in [2.05, 4.69) is 15.6 Å². The number of rotatable bonds is 6. The fourth-order valence-electron chi connectivity index (χ4n) is 3.90. The van der Waals surface area contributed by atoms with Gasteiger partial charge in [-0.2, -0.15) is 10.1 Å². The summed E-state index contributed by atoms with van der Waals surface area (Å²) in [7, 11) is 0. The maximum Gasteiger partial charge on any atom is 0.253 e. The largest absolute Gasteiger partial charge is 0.389 e. The lowest BCUT2D eigenvalue weighted by Crippen LogP contribution is -2.08. The van der Waals surface area contributed by atoms with Gasteiger partial charge in [0.25, 0.3) is 5.95 Å². The van der Waals surface area contributed by atoms with Crippen LogP contribution in [0.1, 0.15) is 35.6 Å². The summed E-state index contributed by atoms with van der Waals surface area (Å²) < 4.78 is 6.93. The van der Waals surface area contributed by atoms with Crippen molar-refractivity contribution in [2.45, 2.75) is 33.4 Å². The number of aryl methyl sites for hydroxylation is 2. The first-order valence-electron chi connectivity index (χ1n) is 10.9. The fourth-order valence-corrected chi connectivity index (χ4v) is 4.11. The highest BCUT2D eigenvalue weighted by Crippen LogP contribution is 2.32. The molecule has 5 rings (SSSR count). The fraction of sp³-hybridized carbons (Fsp3) is 0.200. The molecule has 2 N–H and O–H groups in total. The van der Waals surface area contributed by atoms with Gasteiger partial charge < -0.3 is 14.9 Å². The molecule has 34 heavy (non-hydrogen) atoms. The lowest BCUT2D eigenvalue weighted by atomic mass is 10.0. The van der Waals surface area contributed by atoms with E-state index in [9.17, 15) is 5.11 Å². The van der Waals surface area contributed by atoms with Crippen LogP contribution in [0.2, 0.25) is 5.02 Å². The molecule has 3 aromatic heterocycles. The zero-order valence-electron chi connectivity index (χ0n) is 19.0. The minimum absolute atomic E-state index is 0.401. The molecule has 2 aromatic carbocycles. The highest BCUT2D eigenvalue weighted by molar-refractivity contribution is 6.30. The molecular weight excluding hydrogens is 452 g/mol. The van der Waals surface area contributed by atoms with Gasteiger partial charge in [-0.25, -0.2) is 9.67 Å². The second-order valence-corrected chi connectivity index (χ2v) is 8.62. The first-order valence-corrected chi connectivity index (χ1v) is 11.2. The Morgan fingerprint density at radius 3 is 2.71 bits per heavy atom. The Kier molecular flexibility index (Phi) is 5.77. The van der Waals surface area contributed by atoms with Crippen LogP contribution in [0.4, 0.5) is 5.82 Å². The normalized spacial score (nSPS) is 12.3. The number of anilines is 1. The predicted molar refractivity (Wildman–Crippen MR) is 131 cm³/mol. The number of halogens is 1. The third-order valence-corrected chi connectivity index (χ3v) is 5.88. The molecule has 3 heterocycles. The monoisotopic (exact) mass is 474 g/mol. The van der Waals surface area contributed by atoms with Crippen LogP contribution in [-0.4, -0.2) is 30.0 Å². The van der Waals surface area contributed by atoms with Crippen LogP contribution in [0, 0.1) is 13.8 Å². The summed E-state index contributed by atoms with van der Waals surface area (Å²) in [4.78, 5) is 9.50. The summed E-state index contributed by atoms with van der Waals surface area (Å²) in [5.41, 5.74) is 5.22. The van der Waals surface area contributed by atoms with Gasteiger partial charge in [-0.15, -0.1) is 0 Å². The molecule has 0 bridgehead atoms. The molecule has 1 unspecified atom stereocenters. The topological polar surface area (TPSA) is 102 Å². The van der Waals surface area contributed by atoms with Crippen LogP contribution >= 0.6 is 11.6 Å². The second kappa shape index (κ2) is 8.89. The van der Waals surface area contributed by atoms with Crippen LogP contribution in [0.25, 0.3) is 28.0 Å². The van der Waals surface area contributed by atoms with E-state index in [0.29, 0.717) is 28.9 Å². The molecule has 0 spiro atoms. The zero-order chi connectivity index (χ0) is 23.8. The summed E-state index contributed by atoms with van der Waals surface area (Å²) in [5.74, 6) is 1.81. The van der Waals surface area contributed by atoms with Crippen molar-refractivity contribution >= 4 is 28.3 Å². The quantitative estimate of drug-likeness (QED) is 0.339. The third kappa shape index (κ3) is 4.25. The van der Waals surface area contributed by atoms with Crippen molar-refractivity contribution < 1.29 is 9.63 Å². The van der Waals surface area contributed by atoms with Crippen molar-refractivity contribution in [3.8, 4) is 17.1 Å². The average molecular weight is 475 g/mol. The second-order valence-electron chi connectivity index (χ2n) is 8.18. The number of hydrogen-bond donors (Lipinski definition) is 2. The molecule has 8 nitrogen and oxygen atoms in total. The molecule has 1 atom stereocenters. The van der Waals surface area contributed by atoms with Gasteiger partial charge in [-0.3, -0.25) is 0 Å². The lowest BCUT2D eigenvalue weighted by molar-refractivity contribution is 0.199. The Morgan fingerprint density at radius 2 is 2.00 bits per heavy atom. The summed E-state index contributed by atoms with van der Waals surface area (Å²) in [6.45, 7) is 6.04. The van der Waals surface area contributed by atoms with E-state index in [0.717, 1.165) is 39.0 Å².